The van der Waals surface area contributed by atoms with Gasteiger partial charge in [0.15, 0.2) is 5.82 Å². The van der Waals surface area contributed by atoms with Crippen molar-refractivity contribution in [2.24, 2.45) is 0 Å². The largest absolute Gasteiger partial charge is 0.412 e. The van der Waals surface area contributed by atoms with Crippen LogP contribution in [0.25, 0.3) is 11.4 Å². The highest BCUT2D eigenvalue weighted by Crippen LogP contribution is 2.57. The van der Waals surface area contributed by atoms with Gasteiger partial charge in [-0.1, -0.05) is 30.3 Å². The van der Waals surface area contributed by atoms with Gasteiger partial charge < -0.3 is 0 Å². The summed E-state index contributed by atoms with van der Waals surface area (Å²) in [5.41, 5.74) is -1.38. The van der Waals surface area contributed by atoms with Crippen LogP contribution in [0.2, 0.25) is 5.28 Å². The molecule has 0 atom stereocenters. The summed E-state index contributed by atoms with van der Waals surface area (Å²) in [4.78, 5) is 0. The van der Waals surface area contributed by atoms with E-state index in [1.54, 1.807) is 30.3 Å². The molecule has 100 valence electrons. The minimum atomic E-state index is -4.36. The summed E-state index contributed by atoms with van der Waals surface area (Å²) < 4.78 is 40.6. The number of nitrogens with zero attached hydrogens (tertiary/aromatic N) is 3. The fourth-order valence-corrected chi connectivity index (χ4v) is 2.45. The topological polar surface area (TPSA) is 30.7 Å². The van der Waals surface area contributed by atoms with Gasteiger partial charge in [0.25, 0.3) is 0 Å². The number of benzene rings is 1. The second kappa shape index (κ2) is 3.96. The molecule has 0 saturated heterocycles. The van der Waals surface area contributed by atoms with Gasteiger partial charge in [0.1, 0.15) is 5.54 Å². The first-order chi connectivity index (χ1) is 8.96. The Morgan fingerprint density at radius 2 is 1.74 bits per heavy atom. The molecule has 19 heavy (non-hydrogen) atoms. The third-order valence-corrected chi connectivity index (χ3v) is 3.58. The Kier molecular flexibility index (Phi) is 2.60. The number of hydrogen-bond acceptors (Lipinski definition) is 2. The van der Waals surface area contributed by atoms with E-state index >= 15 is 0 Å². The van der Waals surface area contributed by atoms with Gasteiger partial charge in [-0.15, -0.1) is 10.2 Å². The normalized spacial score (nSPS) is 17.5. The zero-order chi connectivity index (χ0) is 13.7. The quantitative estimate of drug-likeness (QED) is 0.844. The highest BCUT2D eigenvalue weighted by atomic mass is 35.5. The number of rotatable bonds is 2. The van der Waals surface area contributed by atoms with E-state index in [2.05, 4.69) is 10.2 Å². The first-order valence-corrected chi connectivity index (χ1v) is 6.07. The predicted molar refractivity (Wildman–Crippen MR) is 63.7 cm³/mol. The highest BCUT2D eigenvalue weighted by molar-refractivity contribution is 6.28. The average Bonchev–Trinajstić information content (AvgIpc) is 3.09. The zero-order valence-corrected chi connectivity index (χ0v) is 10.4. The SMILES string of the molecule is FC(F)(F)C1(n2c(Cl)nnc2-c2ccccc2)CC1. The maximum Gasteiger partial charge on any atom is 0.412 e. The van der Waals surface area contributed by atoms with E-state index in [0.717, 1.165) is 4.57 Å². The van der Waals surface area contributed by atoms with Crippen LogP contribution < -0.4 is 0 Å². The van der Waals surface area contributed by atoms with Gasteiger partial charge in [-0.05, 0) is 24.4 Å². The van der Waals surface area contributed by atoms with E-state index in [9.17, 15) is 13.2 Å². The molecule has 1 aliphatic rings. The van der Waals surface area contributed by atoms with Crippen LogP contribution in [0.5, 0.6) is 0 Å². The molecule has 2 aromatic rings. The Morgan fingerprint density at radius 1 is 1.11 bits per heavy atom. The average molecular weight is 288 g/mol. The molecule has 1 fully saturated rings. The summed E-state index contributed by atoms with van der Waals surface area (Å²) in [5.74, 6) is 0.153. The lowest BCUT2D eigenvalue weighted by Crippen LogP contribution is -2.35. The maximum absolute atomic E-state index is 13.2. The highest BCUT2D eigenvalue weighted by Gasteiger charge is 2.66. The lowest BCUT2D eigenvalue weighted by Gasteiger charge is -2.22. The van der Waals surface area contributed by atoms with Crippen molar-refractivity contribution >= 4 is 11.6 Å². The third kappa shape index (κ3) is 1.82. The van der Waals surface area contributed by atoms with E-state index in [0.29, 0.717) is 5.56 Å². The molecule has 1 heterocycles. The van der Waals surface area contributed by atoms with Crippen LogP contribution >= 0.6 is 11.6 Å². The van der Waals surface area contributed by atoms with Gasteiger partial charge in [-0.25, -0.2) is 0 Å². The van der Waals surface area contributed by atoms with Crippen molar-refractivity contribution in [1.29, 1.82) is 0 Å². The van der Waals surface area contributed by atoms with E-state index in [-0.39, 0.29) is 23.9 Å². The second-order valence-corrected chi connectivity index (χ2v) is 4.86. The molecular formula is C12H9ClF3N3. The summed E-state index contributed by atoms with van der Waals surface area (Å²) in [6.07, 6.45) is -4.34. The van der Waals surface area contributed by atoms with Crippen LogP contribution in [0.15, 0.2) is 30.3 Å². The summed E-state index contributed by atoms with van der Waals surface area (Å²) in [6.45, 7) is 0. The number of aromatic nitrogens is 3. The maximum atomic E-state index is 13.2. The van der Waals surface area contributed by atoms with Gasteiger partial charge in [0.05, 0.1) is 0 Å². The van der Waals surface area contributed by atoms with E-state index < -0.39 is 11.7 Å². The van der Waals surface area contributed by atoms with E-state index in [1.165, 1.54) is 0 Å². The third-order valence-electron chi connectivity index (χ3n) is 3.33. The Morgan fingerprint density at radius 3 is 2.26 bits per heavy atom. The molecule has 0 bridgehead atoms. The Bertz CT molecular complexity index is 602. The molecule has 3 nitrogen and oxygen atoms in total. The van der Waals surface area contributed by atoms with Gasteiger partial charge in [-0.2, -0.15) is 13.2 Å². The second-order valence-electron chi connectivity index (χ2n) is 4.52. The van der Waals surface area contributed by atoms with E-state index in [4.69, 9.17) is 11.6 Å². The molecule has 1 aromatic heterocycles. The van der Waals surface area contributed by atoms with Crippen molar-refractivity contribution in [3.63, 3.8) is 0 Å². The van der Waals surface area contributed by atoms with Gasteiger partial charge in [-0.3, -0.25) is 4.57 Å². The molecule has 0 aliphatic heterocycles. The van der Waals surface area contributed by atoms with Crippen LogP contribution in [0.4, 0.5) is 13.2 Å². The molecule has 1 saturated carbocycles. The predicted octanol–water partition coefficient (Wildman–Crippen LogP) is 3.65. The zero-order valence-electron chi connectivity index (χ0n) is 9.65. The first-order valence-electron chi connectivity index (χ1n) is 5.69. The van der Waals surface area contributed by atoms with Crippen molar-refractivity contribution in [2.45, 2.75) is 24.6 Å². The lowest BCUT2D eigenvalue weighted by atomic mass is 10.2. The Labute approximate surface area is 112 Å². The fraction of sp³-hybridized carbons (Fsp3) is 0.333. The molecule has 0 unspecified atom stereocenters. The van der Waals surface area contributed by atoms with Gasteiger partial charge in [0, 0.05) is 5.56 Å². The molecule has 0 radical (unpaired) electrons. The standard InChI is InChI=1S/C12H9ClF3N3/c13-10-18-17-9(8-4-2-1-3-5-8)19(10)11(6-7-11)12(14,15)16/h1-5H,6-7H2. The summed E-state index contributed by atoms with van der Waals surface area (Å²) in [7, 11) is 0. The monoisotopic (exact) mass is 287 g/mol. The van der Waals surface area contributed by atoms with Crippen molar-refractivity contribution < 1.29 is 13.2 Å². The van der Waals surface area contributed by atoms with E-state index in [1.807, 2.05) is 0 Å². The Balaban J connectivity index is 2.16. The minimum Gasteiger partial charge on any atom is -0.282 e. The van der Waals surface area contributed by atoms with Crippen molar-refractivity contribution in [3.05, 3.63) is 35.6 Å². The fourth-order valence-electron chi connectivity index (χ4n) is 2.17. The minimum absolute atomic E-state index is 0.00803. The van der Waals surface area contributed by atoms with Crippen LogP contribution in [0, 0.1) is 0 Å². The summed E-state index contributed by atoms with van der Waals surface area (Å²) in [6, 6.07) is 8.61. The smallest absolute Gasteiger partial charge is 0.282 e. The molecular weight excluding hydrogens is 279 g/mol. The van der Waals surface area contributed by atoms with Crippen LogP contribution in [-0.2, 0) is 5.54 Å². The number of halogens is 4. The van der Waals surface area contributed by atoms with Crippen LogP contribution in [0.1, 0.15) is 12.8 Å². The van der Waals surface area contributed by atoms with Gasteiger partial charge in [0.2, 0.25) is 5.28 Å². The molecule has 7 heteroatoms. The van der Waals surface area contributed by atoms with Crippen molar-refractivity contribution in [1.82, 2.24) is 14.8 Å². The Hall–Kier alpha value is -1.56. The van der Waals surface area contributed by atoms with Gasteiger partial charge >= 0.3 is 6.18 Å². The molecule has 1 aromatic carbocycles. The van der Waals surface area contributed by atoms with Crippen LogP contribution in [0.3, 0.4) is 0 Å². The molecule has 1 aliphatic carbocycles. The number of hydrogen-bond donors (Lipinski definition) is 0. The van der Waals surface area contributed by atoms with Crippen LogP contribution in [-0.4, -0.2) is 20.9 Å². The summed E-state index contributed by atoms with van der Waals surface area (Å²) in [5, 5.41) is 7.15. The van der Waals surface area contributed by atoms with Crippen molar-refractivity contribution in [3.8, 4) is 11.4 Å². The molecule has 0 amide bonds. The molecule has 0 spiro atoms. The van der Waals surface area contributed by atoms with Crippen molar-refractivity contribution in [2.75, 3.05) is 0 Å². The summed E-state index contributed by atoms with van der Waals surface area (Å²) >= 11 is 5.81. The molecule has 3 rings (SSSR count). The first kappa shape index (κ1) is 12.5. The molecule has 0 N–H and O–H groups in total. The lowest BCUT2D eigenvalue weighted by molar-refractivity contribution is -0.179. The number of alkyl halides is 3.